The highest BCUT2D eigenvalue weighted by Crippen LogP contribution is 2.65. The first-order chi connectivity index (χ1) is 11.3. The molecule has 134 valence electrons. The maximum absolute atomic E-state index is 13.1. The summed E-state index contributed by atoms with van der Waals surface area (Å²) in [6.45, 7) is 9.19. The topological polar surface area (TPSA) is 37.3 Å². The maximum Gasteiger partial charge on any atom is 0.142 e. The van der Waals surface area contributed by atoms with Crippen LogP contribution in [0.2, 0.25) is 0 Å². The molecule has 0 aromatic heterocycles. The van der Waals surface area contributed by atoms with Crippen molar-refractivity contribution in [3.05, 3.63) is 11.6 Å². The fourth-order valence-corrected chi connectivity index (χ4v) is 7.08. The number of fused-ring (bicyclic) bond motifs is 5. The lowest BCUT2D eigenvalue weighted by atomic mass is 9.48. The van der Waals surface area contributed by atoms with E-state index in [9.17, 15) is 9.90 Å². The third-order valence-corrected chi connectivity index (χ3v) is 8.68. The van der Waals surface area contributed by atoms with Crippen molar-refractivity contribution in [1.29, 1.82) is 0 Å². The van der Waals surface area contributed by atoms with Gasteiger partial charge >= 0.3 is 0 Å². The van der Waals surface area contributed by atoms with Gasteiger partial charge in [0.1, 0.15) is 5.78 Å². The van der Waals surface area contributed by atoms with Gasteiger partial charge in [-0.15, -0.1) is 0 Å². The summed E-state index contributed by atoms with van der Waals surface area (Å²) in [5.74, 6) is 3.32. The Labute approximate surface area is 147 Å². The van der Waals surface area contributed by atoms with E-state index in [1.54, 1.807) is 0 Å². The maximum atomic E-state index is 13.1. The zero-order chi connectivity index (χ0) is 17.3. The second kappa shape index (κ2) is 5.43. The molecular formula is C22H34O2. The number of ketones is 1. The molecule has 0 bridgehead atoms. The molecule has 4 aliphatic rings. The molecule has 0 unspecified atom stereocenters. The van der Waals surface area contributed by atoms with E-state index in [2.05, 4.69) is 33.8 Å². The van der Waals surface area contributed by atoms with Crippen LogP contribution in [0, 0.1) is 40.4 Å². The van der Waals surface area contributed by atoms with E-state index < -0.39 is 0 Å². The van der Waals surface area contributed by atoms with Crippen LogP contribution in [0.25, 0.3) is 0 Å². The van der Waals surface area contributed by atoms with E-state index in [-0.39, 0.29) is 22.9 Å². The van der Waals surface area contributed by atoms with Gasteiger partial charge in [-0.2, -0.15) is 0 Å². The van der Waals surface area contributed by atoms with Crippen LogP contribution >= 0.6 is 0 Å². The minimum absolute atomic E-state index is 0.0635. The molecule has 0 aromatic carbocycles. The van der Waals surface area contributed by atoms with E-state index in [0.717, 1.165) is 44.4 Å². The van der Waals surface area contributed by atoms with Gasteiger partial charge in [0.15, 0.2) is 0 Å². The third kappa shape index (κ3) is 2.14. The Morgan fingerprint density at radius 3 is 2.54 bits per heavy atom. The Morgan fingerprint density at radius 2 is 1.83 bits per heavy atom. The number of allylic oxidation sites excluding steroid dienone is 1. The second-order valence-corrected chi connectivity index (χ2v) is 10.1. The molecule has 0 saturated heterocycles. The van der Waals surface area contributed by atoms with E-state index in [0.29, 0.717) is 23.5 Å². The van der Waals surface area contributed by atoms with Crippen LogP contribution in [-0.4, -0.2) is 17.0 Å². The summed E-state index contributed by atoms with van der Waals surface area (Å²) in [4.78, 5) is 13.1. The van der Waals surface area contributed by atoms with E-state index in [1.165, 1.54) is 12.0 Å². The Kier molecular flexibility index (Phi) is 3.81. The Bertz CT molecular complexity index is 577. The van der Waals surface area contributed by atoms with Crippen LogP contribution in [-0.2, 0) is 4.79 Å². The molecule has 3 fully saturated rings. The highest BCUT2D eigenvalue weighted by atomic mass is 16.3. The smallest absolute Gasteiger partial charge is 0.142 e. The molecule has 0 amide bonds. The quantitative estimate of drug-likeness (QED) is 0.704. The van der Waals surface area contributed by atoms with Gasteiger partial charge in [0.25, 0.3) is 0 Å². The lowest BCUT2D eigenvalue weighted by molar-refractivity contribution is -0.135. The Hall–Kier alpha value is -0.630. The van der Waals surface area contributed by atoms with Gasteiger partial charge in [0.2, 0.25) is 0 Å². The standard InChI is InChI=1S/C22H34O2/c1-13(2)17-12-19-16-6-5-14-11-15(23)7-9-21(14,3)18(16)8-10-22(19,4)20(17)24/h5,13,15-19,23H,6-12H2,1-4H3/t15-,16-,17+,18+,19+,21-,22+/m0/s1. The van der Waals surface area contributed by atoms with Crippen LogP contribution in [0.15, 0.2) is 11.6 Å². The molecule has 0 radical (unpaired) electrons. The van der Waals surface area contributed by atoms with Crippen LogP contribution in [0.3, 0.4) is 0 Å². The molecule has 0 aromatic rings. The summed E-state index contributed by atoms with van der Waals surface area (Å²) in [7, 11) is 0. The van der Waals surface area contributed by atoms with Crippen molar-refractivity contribution in [1.82, 2.24) is 0 Å². The van der Waals surface area contributed by atoms with Gasteiger partial charge in [-0.25, -0.2) is 0 Å². The summed E-state index contributed by atoms with van der Waals surface area (Å²) in [6, 6.07) is 0. The summed E-state index contributed by atoms with van der Waals surface area (Å²) in [5, 5.41) is 10.1. The predicted octanol–water partition coefficient (Wildman–Crippen LogP) is 4.76. The number of carbonyl (C=O) groups excluding carboxylic acids is 1. The van der Waals surface area contributed by atoms with Crippen LogP contribution in [0.5, 0.6) is 0 Å². The van der Waals surface area contributed by atoms with Crippen molar-refractivity contribution in [3.8, 4) is 0 Å². The van der Waals surface area contributed by atoms with Crippen molar-refractivity contribution in [2.24, 2.45) is 40.4 Å². The summed E-state index contributed by atoms with van der Waals surface area (Å²) in [6.07, 6.45) is 9.85. The molecule has 0 heterocycles. The van der Waals surface area contributed by atoms with Gasteiger partial charge in [0, 0.05) is 11.3 Å². The summed E-state index contributed by atoms with van der Waals surface area (Å²) < 4.78 is 0. The van der Waals surface area contributed by atoms with Crippen molar-refractivity contribution in [2.45, 2.75) is 78.7 Å². The molecule has 4 aliphatic carbocycles. The average molecular weight is 331 g/mol. The van der Waals surface area contributed by atoms with E-state index >= 15 is 0 Å². The molecular weight excluding hydrogens is 296 g/mol. The van der Waals surface area contributed by atoms with E-state index in [1.807, 2.05) is 0 Å². The normalized spacial score (nSPS) is 51.0. The molecule has 7 atom stereocenters. The first-order valence-electron chi connectivity index (χ1n) is 10.2. The number of hydrogen-bond acceptors (Lipinski definition) is 2. The average Bonchev–Trinajstić information content (AvgIpc) is 2.80. The predicted molar refractivity (Wildman–Crippen MR) is 96.4 cm³/mol. The van der Waals surface area contributed by atoms with Crippen LogP contribution < -0.4 is 0 Å². The van der Waals surface area contributed by atoms with Gasteiger partial charge in [-0.1, -0.05) is 39.3 Å². The first kappa shape index (κ1) is 16.8. The van der Waals surface area contributed by atoms with Gasteiger partial charge in [-0.05, 0) is 74.0 Å². The number of hydrogen-bond donors (Lipinski definition) is 1. The fourth-order valence-electron chi connectivity index (χ4n) is 7.08. The van der Waals surface area contributed by atoms with Crippen molar-refractivity contribution >= 4 is 5.78 Å². The van der Waals surface area contributed by atoms with Gasteiger partial charge in [-0.3, -0.25) is 4.79 Å². The number of carbonyl (C=O) groups is 1. The number of aliphatic hydroxyl groups excluding tert-OH is 1. The van der Waals surface area contributed by atoms with E-state index in [4.69, 9.17) is 0 Å². The van der Waals surface area contributed by atoms with Crippen LogP contribution in [0.4, 0.5) is 0 Å². The molecule has 4 rings (SSSR count). The zero-order valence-electron chi connectivity index (χ0n) is 15.8. The van der Waals surface area contributed by atoms with Gasteiger partial charge in [0.05, 0.1) is 6.10 Å². The molecule has 0 aliphatic heterocycles. The highest BCUT2D eigenvalue weighted by Gasteiger charge is 2.61. The summed E-state index contributed by atoms with van der Waals surface area (Å²) >= 11 is 0. The molecule has 0 spiro atoms. The lowest BCUT2D eigenvalue weighted by Crippen LogP contribution is -2.50. The molecule has 24 heavy (non-hydrogen) atoms. The number of Topliss-reactive ketones (excluding diaryl/α,β-unsaturated/α-hetero) is 1. The number of rotatable bonds is 1. The fraction of sp³-hybridized carbons (Fsp3) is 0.864. The number of aliphatic hydroxyl groups is 1. The first-order valence-corrected chi connectivity index (χ1v) is 10.2. The molecule has 2 nitrogen and oxygen atoms in total. The van der Waals surface area contributed by atoms with Crippen molar-refractivity contribution in [2.75, 3.05) is 0 Å². The lowest BCUT2D eigenvalue weighted by Gasteiger charge is -2.56. The largest absolute Gasteiger partial charge is 0.393 e. The molecule has 2 heteroatoms. The minimum atomic E-state index is -0.131. The van der Waals surface area contributed by atoms with Crippen LogP contribution in [0.1, 0.15) is 72.6 Å². The summed E-state index contributed by atoms with van der Waals surface area (Å²) in [5.41, 5.74) is 1.74. The minimum Gasteiger partial charge on any atom is -0.393 e. The highest BCUT2D eigenvalue weighted by molar-refractivity contribution is 5.89. The Morgan fingerprint density at radius 1 is 1.12 bits per heavy atom. The molecule has 3 saturated carbocycles. The van der Waals surface area contributed by atoms with Crippen molar-refractivity contribution < 1.29 is 9.90 Å². The third-order valence-electron chi connectivity index (χ3n) is 8.68. The Balaban J connectivity index is 1.68. The molecule has 1 N–H and O–H groups in total. The monoisotopic (exact) mass is 330 g/mol. The SMILES string of the molecule is CC(C)[C@H]1C[C@@H]2[C@H]3CC=C4C[C@@H](O)CC[C@]4(C)[C@@H]3CC[C@@]2(C)C1=O. The van der Waals surface area contributed by atoms with Crippen molar-refractivity contribution in [3.63, 3.8) is 0 Å². The zero-order valence-corrected chi connectivity index (χ0v) is 15.8. The van der Waals surface area contributed by atoms with Gasteiger partial charge < -0.3 is 5.11 Å². The second-order valence-electron chi connectivity index (χ2n) is 10.1.